The molecule has 0 amide bonds. The second-order valence-electron chi connectivity index (χ2n) is 25.3. The molecule has 20 atom stereocenters. The van der Waals surface area contributed by atoms with E-state index in [1.54, 1.807) is 13.8 Å². The van der Waals surface area contributed by atoms with Crippen LogP contribution in [-0.2, 0) is 9.53 Å². The van der Waals surface area contributed by atoms with E-state index >= 15 is 4.79 Å². The van der Waals surface area contributed by atoms with E-state index in [1.165, 1.54) is 0 Å². The first kappa shape index (κ1) is 52.2. The minimum atomic E-state index is -1.92. The van der Waals surface area contributed by atoms with E-state index in [-0.39, 0.29) is 87.0 Å². The molecule has 1 unspecified atom stereocenters. The molecule has 2 aliphatic heterocycles. The van der Waals surface area contributed by atoms with Crippen LogP contribution in [0.15, 0.2) is 46.8 Å². The minimum absolute atomic E-state index is 0.0114. The molecule has 398 valence electrons. The fourth-order valence-corrected chi connectivity index (χ4v) is 18.7. The fourth-order valence-electron chi connectivity index (χ4n) is 18.7. The lowest BCUT2D eigenvalue weighted by atomic mass is 9.37. The van der Waals surface area contributed by atoms with Crippen LogP contribution in [0.1, 0.15) is 162 Å². The molecule has 0 aromatic carbocycles. The number of fused-ring (bicyclic) bond motifs is 5. The number of ether oxygens (including phenoxy) is 1. The molecule has 1 spiro atoms. The molecule has 8 aliphatic carbocycles. The Bertz CT molecular complexity index is 2120. The summed E-state index contributed by atoms with van der Waals surface area (Å²) in [6.45, 7) is 5.54. The lowest BCUT2D eigenvalue weighted by Crippen LogP contribution is -2.74. The molecule has 13 N–H and O–H groups in total. The summed E-state index contributed by atoms with van der Waals surface area (Å²) in [4.78, 5) is 15.9. The third kappa shape index (κ3) is 8.15. The number of aliphatic hydroxyl groups excluding tert-OH is 5. The Morgan fingerprint density at radius 2 is 1.70 bits per heavy atom. The van der Waals surface area contributed by atoms with Crippen molar-refractivity contribution in [1.29, 1.82) is 0 Å². The summed E-state index contributed by atoms with van der Waals surface area (Å²) in [5.74, 6) is -3.38. The normalized spacial score (nSPS) is 48.0. The number of hydrogen-bond donors (Lipinski definition) is 12. The van der Waals surface area contributed by atoms with E-state index in [2.05, 4.69) is 17.6 Å². The van der Waals surface area contributed by atoms with Crippen LogP contribution in [0.2, 0.25) is 0 Å². The summed E-state index contributed by atoms with van der Waals surface area (Å²) in [6.07, 6.45) is 15.2. The first-order valence-corrected chi connectivity index (χ1v) is 28.3. The molecule has 1 saturated heterocycles. The highest BCUT2D eigenvalue weighted by molar-refractivity contribution is 6.00. The number of nitrogens with two attached hydrogens (primary N) is 1. The SMILES string of the molecule is CCC[C@H]1CC[C@H]2[C@@H]3[C@H](O)CCC[C@](O)([C@](C)(O)[C@H]4CC[C@@]5(O)C6=C(NC[C@H](C)O)C(=O)[C@@H]7C[C@@H](O)[C@@H](O)C[C@@]78C[C@@H](C7=C(CCCO)NC(N)C=C7)C=C[C@@](O)(C[C@]45C4CCCCC4)[C@@H]68)[C@@H]3O[C@@H]2CC1. The molecule has 6 saturated carbocycles. The van der Waals surface area contributed by atoms with Crippen molar-refractivity contribution in [2.45, 2.75) is 227 Å². The first-order valence-electron chi connectivity index (χ1n) is 28.3. The summed E-state index contributed by atoms with van der Waals surface area (Å²) in [7, 11) is 0. The zero-order valence-electron chi connectivity index (χ0n) is 42.9. The molecule has 7 fully saturated rings. The number of aliphatic hydroxyl groups is 9. The zero-order chi connectivity index (χ0) is 50.5. The van der Waals surface area contributed by atoms with Crippen LogP contribution in [0.3, 0.4) is 0 Å². The van der Waals surface area contributed by atoms with Gasteiger partial charge < -0.3 is 67.1 Å². The molecule has 0 bridgehead atoms. The Hall–Kier alpha value is -2.21. The van der Waals surface area contributed by atoms with E-state index in [4.69, 9.17) is 10.5 Å². The third-order valence-corrected chi connectivity index (χ3v) is 21.5. The van der Waals surface area contributed by atoms with E-state index in [1.807, 2.05) is 24.3 Å². The monoisotopic (exact) mass is 992 g/mol. The van der Waals surface area contributed by atoms with Crippen molar-refractivity contribution in [3.8, 4) is 0 Å². The number of carbonyl (C=O) groups is 1. The topological polar surface area (TPSA) is 258 Å². The Balaban J connectivity index is 1.17. The minimum Gasteiger partial charge on any atom is -0.396 e. The predicted octanol–water partition coefficient (Wildman–Crippen LogP) is 4.43. The molecular formula is C57H89N3O11. The van der Waals surface area contributed by atoms with E-state index in [0.717, 1.165) is 69.1 Å². The molecule has 0 aromatic heterocycles. The molecular weight excluding hydrogens is 903 g/mol. The molecule has 14 nitrogen and oxygen atoms in total. The average Bonchev–Trinajstić information content (AvgIpc) is 3.69. The predicted molar refractivity (Wildman–Crippen MR) is 267 cm³/mol. The second-order valence-corrected chi connectivity index (χ2v) is 25.3. The number of dihydropyridines is 1. The van der Waals surface area contributed by atoms with Crippen molar-refractivity contribution >= 4 is 5.78 Å². The summed E-state index contributed by atoms with van der Waals surface area (Å²) < 4.78 is 7.13. The summed E-state index contributed by atoms with van der Waals surface area (Å²) in [5.41, 5.74) is -1.19. The zero-order valence-corrected chi connectivity index (χ0v) is 42.9. The number of rotatable bonds is 12. The van der Waals surface area contributed by atoms with Crippen LogP contribution in [0.5, 0.6) is 0 Å². The molecule has 10 rings (SSSR count). The smallest absolute Gasteiger partial charge is 0.182 e. The quantitative estimate of drug-likeness (QED) is 0.121. The molecule has 14 heteroatoms. The number of ketones is 1. The Labute approximate surface area is 421 Å². The Morgan fingerprint density at radius 1 is 0.944 bits per heavy atom. The fraction of sp³-hybridized carbons (Fsp3) is 0.842. The van der Waals surface area contributed by atoms with Gasteiger partial charge in [-0.3, -0.25) is 4.79 Å². The number of Topliss-reactive ketones (excluding diaryl/α,β-unsaturated/α-hetero) is 1. The Morgan fingerprint density at radius 3 is 2.44 bits per heavy atom. The maximum absolute atomic E-state index is 15.9. The summed E-state index contributed by atoms with van der Waals surface area (Å²) >= 11 is 0. The van der Waals surface area contributed by atoms with Crippen LogP contribution in [0.25, 0.3) is 0 Å². The number of allylic oxidation sites excluding steroid dienone is 5. The van der Waals surface area contributed by atoms with Crippen molar-refractivity contribution in [3.63, 3.8) is 0 Å². The van der Waals surface area contributed by atoms with Gasteiger partial charge in [-0.2, -0.15) is 0 Å². The number of hydrogen-bond acceptors (Lipinski definition) is 14. The van der Waals surface area contributed by atoms with Gasteiger partial charge in [-0.1, -0.05) is 63.7 Å². The van der Waals surface area contributed by atoms with E-state index in [9.17, 15) is 46.0 Å². The van der Waals surface area contributed by atoms with Gasteiger partial charge in [-0.05, 0) is 163 Å². The van der Waals surface area contributed by atoms with Gasteiger partial charge in [-0.15, -0.1) is 0 Å². The molecule has 10 aliphatic rings. The van der Waals surface area contributed by atoms with Crippen LogP contribution in [-0.4, -0.2) is 130 Å². The van der Waals surface area contributed by atoms with Crippen molar-refractivity contribution < 1.29 is 55.5 Å². The highest BCUT2D eigenvalue weighted by Gasteiger charge is 2.80. The molecule has 71 heavy (non-hydrogen) atoms. The third-order valence-electron chi connectivity index (χ3n) is 21.5. The lowest BCUT2D eigenvalue weighted by molar-refractivity contribution is -0.276. The number of nitrogens with one attached hydrogen (secondary N) is 2. The van der Waals surface area contributed by atoms with E-state index in [0.29, 0.717) is 56.4 Å². The van der Waals surface area contributed by atoms with Gasteiger partial charge in [0.05, 0.1) is 65.3 Å². The number of carbonyl (C=O) groups excluding carboxylic acids is 1. The van der Waals surface area contributed by atoms with Gasteiger partial charge >= 0.3 is 0 Å². The molecule has 0 aromatic rings. The standard InChI is InChI=1S/C57H89N3O11/c1-4-10-33-15-17-37-43(19-16-33)71-51-46(37)40(63)14-8-23-57(51,70)52(3,67)44-22-25-56(69)47-48(59-30-32(2)62)49(66)38-27-41(64)42(65)29-53(38)28-34(36-18-20-45(58)60-39(36)13-9-26-61)21-24-54(68,50(47)53)31-55(44,56)35-11-6-5-7-12-35/h18,20-21,24,32-35,37-38,40-46,50-51,59-65,67-70H,4-17,19,22-23,25-31,58H2,1-3H3/t32-,33-,34-,37+,38-,40+,41+,42-,43+,44+,45?,46+,50-,51+,52+,53-,54+,55-,56+,57+/m0/s1. The largest absolute Gasteiger partial charge is 0.396 e. The van der Waals surface area contributed by atoms with Crippen molar-refractivity contribution in [2.75, 3.05) is 13.2 Å². The van der Waals surface area contributed by atoms with Gasteiger partial charge in [0.1, 0.15) is 5.60 Å². The van der Waals surface area contributed by atoms with Crippen LogP contribution in [0.4, 0.5) is 0 Å². The Kier molecular flexibility index (Phi) is 14.3. The molecule has 2 heterocycles. The van der Waals surface area contributed by atoms with Gasteiger partial charge in [0.2, 0.25) is 0 Å². The van der Waals surface area contributed by atoms with Gasteiger partial charge in [0, 0.05) is 47.9 Å². The van der Waals surface area contributed by atoms with E-state index < -0.39 is 93.6 Å². The first-order chi connectivity index (χ1) is 33.8. The second kappa shape index (κ2) is 19.4. The highest BCUT2D eigenvalue weighted by atomic mass is 16.5. The van der Waals surface area contributed by atoms with Gasteiger partial charge in [0.25, 0.3) is 0 Å². The highest BCUT2D eigenvalue weighted by Crippen LogP contribution is 2.77. The summed E-state index contributed by atoms with van der Waals surface area (Å²) in [5, 5.41) is 120. The van der Waals surface area contributed by atoms with Crippen LogP contribution in [0, 0.1) is 58.2 Å². The lowest BCUT2D eigenvalue weighted by Gasteiger charge is -2.69. The van der Waals surface area contributed by atoms with Gasteiger partial charge in [0.15, 0.2) is 5.78 Å². The summed E-state index contributed by atoms with van der Waals surface area (Å²) in [6, 6.07) is 0. The molecule has 0 radical (unpaired) electrons. The maximum Gasteiger partial charge on any atom is 0.182 e. The van der Waals surface area contributed by atoms with Crippen molar-refractivity contribution in [2.24, 2.45) is 63.9 Å². The van der Waals surface area contributed by atoms with Crippen molar-refractivity contribution in [3.05, 3.63) is 46.8 Å². The van der Waals surface area contributed by atoms with Crippen LogP contribution < -0.4 is 16.4 Å². The van der Waals surface area contributed by atoms with Crippen LogP contribution >= 0.6 is 0 Å². The van der Waals surface area contributed by atoms with Gasteiger partial charge in [-0.25, -0.2) is 0 Å². The average molecular weight is 992 g/mol. The maximum atomic E-state index is 15.9. The van der Waals surface area contributed by atoms with Crippen molar-refractivity contribution in [1.82, 2.24) is 10.6 Å².